The highest BCUT2D eigenvalue weighted by atomic mass is 16.5. The highest BCUT2D eigenvalue weighted by Crippen LogP contribution is 2.33. The van der Waals surface area contributed by atoms with E-state index in [4.69, 9.17) is 4.74 Å². The zero-order chi connectivity index (χ0) is 18.0. The van der Waals surface area contributed by atoms with Crippen molar-refractivity contribution >= 4 is 11.8 Å². The van der Waals surface area contributed by atoms with Crippen molar-refractivity contribution in [2.75, 3.05) is 20.2 Å². The maximum absolute atomic E-state index is 13.1. The van der Waals surface area contributed by atoms with Crippen LogP contribution in [0.3, 0.4) is 0 Å². The highest BCUT2D eigenvalue weighted by Gasteiger charge is 2.44. The molecule has 5 nitrogen and oxygen atoms in total. The van der Waals surface area contributed by atoms with Gasteiger partial charge in [0.25, 0.3) is 5.91 Å². The maximum Gasteiger partial charge on any atom is 0.253 e. The molecule has 1 aliphatic carbocycles. The molecule has 2 atom stereocenters. The van der Waals surface area contributed by atoms with Crippen molar-refractivity contribution in [3.05, 3.63) is 35.9 Å². The zero-order valence-corrected chi connectivity index (χ0v) is 15.4. The number of carbonyl (C=O) groups is 2. The fourth-order valence-corrected chi connectivity index (χ4v) is 3.80. The van der Waals surface area contributed by atoms with Crippen molar-refractivity contribution in [1.29, 1.82) is 0 Å². The molecule has 136 valence electrons. The van der Waals surface area contributed by atoms with Gasteiger partial charge < -0.3 is 14.5 Å². The van der Waals surface area contributed by atoms with Crippen molar-refractivity contribution in [1.82, 2.24) is 9.80 Å². The van der Waals surface area contributed by atoms with Gasteiger partial charge in [0.1, 0.15) is 6.61 Å². The topological polar surface area (TPSA) is 49.9 Å². The first kappa shape index (κ1) is 17.9. The molecule has 5 heteroatoms. The molecule has 1 heterocycles. The molecule has 3 rings (SSSR count). The molecular formula is C20H28N2O3. The summed E-state index contributed by atoms with van der Waals surface area (Å²) in [5, 5.41) is 0. The van der Waals surface area contributed by atoms with Gasteiger partial charge in [0, 0.05) is 19.6 Å². The molecular weight excluding hydrogens is 316 g/mol. The molecule has 0 aromatic heterocycles. The van der Waals surface area contributed by atoms with E-state index in [9.17, 15) is 9.59 Å². The molecule has 25 heavy (non-hydrogen) atoms. The van der Waals surface area contributed by atoms with Crippen LogP contribution in [-0.2, 0) is 14.3 Å². The van der Waals surface area contributed by atoms with Gasteiger partial charge in [-0.05, 0) is 38.2 Å². The Bertz CT molecular complexity index is 613. The standard InChI is InChI=1S/C20H28N2O3/c1-14(2)22-17(23)13-25-19(18(22)16-10-5-4-6-11-16)20(24)21(3)12-15-8-7-9-15/h4-6,10-11,14-15,18-19H,7-9,12-13H2,1-3H3/t18-,19+/m1/s1. The van der Waals surface area contributed by atoms with Gasteiger partial charge in [-0.15, -0.1) is 0 Å². The third kappa shape index (κ3) is 3.71. The van der Waals surface area contributed by atoms with E-state index in [1.54, 1.807) is 9.80 Å². The Hall–Kier alpha value is -1.88. The second-order valence-electron chi connectivity index (χ2n) is 7.50. The van der Waals surface area contributed by atoms with E-state index in [0.29, 0.717) is 5.92 Å². The van der Waals surface area contributed by atoms with E-state index in [-0.39, 0.29) is 30.5 Å². The first-order valence-corrected chi connectivity index (χ1v) is 9.21. The number of morpholine rings is 1. The van der Waals surface area contributed by atoms with Crippen LogP contribution in [0.1, 0.15) is 44.7 Å². The minimum atomic E-state index is -0.646. The van der Waals surface area contributed by atoms with Crippen LogP contribution in [0.15, 0.2) is 30.3 Å². The first-order chi connectivity index (χ1) is 12.0. The number of nitrogens with zero attached hydrogens (tertiary/aromatic N) is 2. The monoisotopic (exact) mass is 344 g/mol. The van der Waals surface area contributed by atoms with E-state index in [1.807, 2.05) is 51.2 Å². The van der Waals surface area contributed by atoms with E-state index in [1.165, 1.54) is 19.3 Å². The highest BCUT2D eigenvalue weighted by molar-refractivity contribution is 5.86. The summed E-state index contributed by atoms with van der Waals surface area (Å²) >= 11 is 0. The van der Waals surface area contributed by atoms with Gasteiger partial charge in [-0.25, -0.2) is 0 Å². The van der Waals surface area contributed by atoms with Gasteiger partial charge in [-0.1, -0.05) is 36.8 Å². The summed E-state index contributed by atoms with van der Waals surface area (Å²) in [5.74, 6) is 0.518. The van der Waals surface area contributed by atoms with Crippen LogP contribution in [0.2, 0.25) is 0 Å². The fraction of sp³-hybridized carbons (Fsp3) is 0.600. The molecule has 1 saturated carbocycles. The van der Waals surface area contributed by atoms with Gasteiger partial charge in [0.05, 0.1) is 6.04 Å². The van der Waals surface area contributed by atoms with E-state index in [2.05, 4.69) is 0 Å². The van der Waals surface area contributed by atoms with Gasteiger partial charge in [0.2, 0.25) is 5.91 Å². The summed E-state index contributed by atoms with van der Waals surface area (Å²) in [6.07, 6.45) is 3.01. The smallest absolute Gasteiger partial charge is 0.253 e. The Kier molecular flexibility index (Phi) is 5.42. The van der Waals surface area contributed by atoms with E-state index in [0.717, 1.165) is 12.1 Å². The predicted octanol–water partition coefficient (Wildman–Crippen LogP) is 2.62. The molecule has 0 spiro atoms. The second-order valence-corrected chi connectivity index (χ2v) is 7.50. The van der Waals surface area contributed by atoms with Crippen molar-refractivity contribution in [2.45, 2.75) is 51.3 Å². The number of ether oxygens (including phenoxy) is 1. The number of hydrogen-bond donors (Lipinski definition) is 0. The van der Waals surface area contributed by atoms with Gasteiger partial charge in [-0.2, -0.15) is 0 Å². The molecule has 1 saturated heterocycles. The second kappa shape index (κ2) is 7.56. The van der Waals surface area contributed by atoms with Gasteiger partial charge in [-0.3, -0.25) is 9.59 Å². The minimum absolute atomic E-state index is 0.00819. The van der Waals surface area contributed by atoms with Crippen molar-refractivity contribution in [3.8, 4) is 0 Å². The minimum Gasteiger partial charge on any atom is -0.356 e. The molecule has 1 aliphatic heterocycles. The number of rotatable bonds is 5. The average molecular weight is 344 g/mol. The number of likely N-dealkylation sites (N-methyl/N-ethyl adjacent to an activating group) is 1. The van der Waals surface area contributed by atoms with Crippen LogP contribution < -0.4 is 0 Å². The Labute approximate surface area is 149 Å². The summed E-state index contributed by atoms with van der Waals surface area (Å²) in [6.45, 7) is 4.71. The molecule has 1 aromatic carbocycles. The molecule has 2 fully saturated rings. The van der Waals surface area contributed by atoms with Gasteiger partial charge in [0.15, 0.2) is 6.10 Å². The largest absolute Gasteiger partial charge is 0.356 e. The lowest BCUT2D eigenvalue weighted by molar-refractivity contribution is -0.171. The summed E-state index contributed by atoms with van der Waals surface area (Å²) in [6, 6.07) is 9.38. The lowest BCUT2D eigenvalue weighted by Crippen LogP contribution is -2.56. The van der Waals surface area contributed by atoms with Crippen molar-refractivity contribution in [3.63, 3.8) is 0 Å². The van der Waals surface area contributed by atoms with Crippen molar-refractivity contribution < 1.29 is 14.3 Å². The van der Waals surface area contributed by atoms with Crippen LogP contribution in [0.25, 0.3) is 0 Å². The molecule has 0 N–H and O–H groups in total. The number of carbonyl (C=O) groups excluding carboxylic acids is 2. The van der Waals surface area contributed by atoms with Crippen LogP contribution >= 0.6 is 0 Å². The predicted molar refractivity (Wildman–Crippen MR) is 95.9 cm³/mol. The molecule has 2 aliphatic rings. The van der Waals surface area contributed by atoms with Gasteiger partial charge >= 0.3 is 0 Å². The third-order valence-corrected chi connectivity index (χ3v) is 5.33. The lowest BCUT2D eigenvalue weighted by Gasteiger charge is -2.44. The molecule has 2 amide bonds. The van der Waals surface area contributed by atoms with E-state index < -0.39 is 6.10 Å². The molecule has 0 unspecified atom stereocenters. The van der Waals surface area contributed by atoms with Crippen LogP contribution in [0.5, 0.6) is 0 Å². The summed E-state index contributed by atoms with van der Waals surface area (Å²) in [5.41, 5.74) is 0.944. The summed E-state index contributed by atoms with van der Waals surface area (Å²) in [7, 11) is 1.85. The van der Waals surface area contributed by atoms with Crippen LogP contribution in [0.4, 0.5) is 0 Å². The number of benzene rings is 1. The van der Waals surface area contributed by atoms with E-state index >= 15 is 0 Å². The first-order valence-electron chi connectivity index (χ1n) is 9.21. The average Bonchev–Trinajstić information content (AvgIpc) is 2.57. The molecule has 1 aromatic rings. The quantitative estimate of drug-likeness (QED) is 0.825. The number of hydrogen-bond acceptors (Lipinski definition) is 3. The Morgan fingerprint density at radius 3 is 2.52 bits per heavy atom. The zero-order valence-electron chi connectivity index (χ0n) is 15.4. The van der Waals surface area contributed by atoms with Crippen LogP contribution in [-0.4, -0.2) is 54.0 Å². The fourth-order valence-electron chi connectivity index (χ4n) is 3.80. The Morgan fingerprint density at radius 2 is 1.96 bits per heavy atom. The molecule has 0 bridgehead atoms. The maximum atomic E-state index is 13.1. The normalized spacial score (nSPS) is 24.3. The van der Waals surface area contributed by atoms with Crippen molar-refractivity contribution in [2.24, 2.45) is 5.92 Å². The summed E-state index contributed by atoms with van der Waals surface area (Å²) < 4.78 is 5.77. The third-order valence-electron chi connectivity index (χ3n) is 5.33. The Balaban J connectivity index is 1.86. The summed E-state index contributed by atoms with van der Waals surface area (Å²) in [4.78, 5) is 29.2. The lowest BCUT2D eigenvalue weighted by atomic mass is 9.85. The Morgan fingerprint density at radius 1 is 1.28 bits per heavy atom. The molecule has 0 radical (unpaired) electrons. The SMILES string of the molecule is CC(C)N1C(=O)CO[C@H](C(=O)N(C)CC2CCC2)[C@H]1c1ccccc1. The number of amides is 2. The van der Waals surface area contributed by atoms with Crippen LogP contribution in [0, 0.1) is 5.92 Å².